The van der Waals surface area contributed by atoms with E-state index in [1.54, 1.807) is 37.1 Å². The van der Waals surface area contributed by atoms with Crippen molar-refractivity contribution in [3.8, 4) is 0 Å². The molecule has 7 heterocycles. The first kappa shape index (κ1) is 37.8. The number of carbonyl (C=O) groups is 2. The predicted molar refractivity (Wildman–Crippen MR) is 213 cm³/mol. The Bertz CT molecular complexity index is 2060. The second kappa shape index (κ2) is 15.5. The fourth-order valence-electron chi connectivity index (χ4n) is 9.91. The minimum absolute atomic E-state index is 0.0122. The summed E-state index contributed by atoms with van der Waals surface area (Å²) in [6.45, 7) is 9.26. The van der Waals surface area contributed by atoms with Crippen molar-refractivity contribution < 1.29 is 18.4 Å². The van der Waals surface area contributed by atoms with Gasteiger partial charge in [0.05, 0.1) is 49.4 Å². The Morgan fingerprint density at radius 2 is 1.77 bits per heavy atom. The maximum atomic E-state index is 14.7. The Kier molecular flexibility index (Phi) is 10.3. The third-order valence-electron chi connectivity index (χ3n) is 13.0. The van der Waals surface area contributed by atoms with Crippen LogP contribution < -0.4 is 15.3 Å². The van der Waals surface area contributed by atoms with Gasteiger partial charge in [-0.05, 0) is 42.9 Å². The highest BCUT2D eigenvalue weighted by Gasteiger charge is 2.40. The van der Waals surface area contributed by atoms with Gasteiger partial charge in [-0.25, -0.2) is 8.78 Å². The number of halogens is 2. The molecule has 2 amide bonds. The van der Waals surface area contributed by atoms with Crippen molar-refractivity contribution in [2.45, 2.75) is 70.6 Å². The van der Waals surface area contributed by atoms with Gasteiger partial charge < -0.3 is 30.3 Å². The average Bonchev–Trinajstić information content (AvgIpc) is 3.94. The van der Waals surface area contributed by atoms with Gasteiger partial charge in [-0.1, -0.05) is 24.3 Å². The maximum absolute atomic E-state index is 14.7. The van der Waals surface area contributed by atoms with E-state index in [0.717, 1.165) is 90.9 Å². The molecule has 6 aliphatic rings. The fraction of sp³-hybridized carbons (Fsp3) is 0.561. The van der Waals surface area contributed by atoms with Crippen molar-refractivity contribution in [3.05, 3.63) is 75.9 Å². The highest BCUT2D eigenvalue weighted by Crippen LogP contribution is 2.43. The van der Waals surface area contributed by atoms with Crippen molar-refractivity contribution in [2.24, 2.45) is 13.0 Å². The number of aromatic nitrogens is 4. The number of benzene rings is 1. The van der Waals surface area contributed by atoms with Crippen LogP contribution in [-0.2, 0) is 36.1 Å². The van der Waals surface area contributed by atoms with E-state index >= 15 is 0 Å². The van der Waals surface area contributed by atoms with Gasteiger partial charge in [0.25, 0.3) is 6.43 Å². The first-order valence-corrected chi connectivity index (χ1v) is 20.5. The zero-order valence-electron chi connectivity index (χ0n) is 32.8. The van der Waals surface area contributed by atoms with Gasteiger partial charge in [0.2, 0.25) is 11.8 Å². The Labute approximate surface area is 331 Å². The lowest BCUT2D eigenvalue weighted by molar-refractivity contribution is -0.134. The molecule has 1 aliphatic carbocycles. The molecule has 3 fully saturated rings. The number of hydrogen-bond acceptors (Lipinski definition) is 10. The van der Waals surface area contributed by atoms with Crippen molar-refractivity contribution in [1.82, 2.24) is 39.2 Å². The number of para-hydroxylation sites is 1. The van der Waals surface area contributed by atoms with Crippen molar-refractivity contribution >= 4 is 34.6 Å². The van der Waals surface area contributed by atoms with E-state index in [4.69, 9.17) is 5.10 Å². The number of nitrogens with zero attached hydrogens (tertiary/aromatic N) is 10. The number of alkyl halides is 2. The molecule has 5 aliphatic heterocycles. The molecular weight excluding hydrogens is 733 g/mol. The fourth-order valence-corrected chi connectivity index (χ4v) is 9.91. The summed E-state index contributed by atoms with van der Waals surface area (Å²) >= 11 is 0. The normalized spacial score (nSPS) is 23.3. The van der Waals surface area contributed by atoms with E-state index in [1.165, 1.54) is 0 Å². The lowest BCUT2D eigenvalue weighted by Gasteiger charge is -2.42. The molecule has 57 heavy (non-hydrogen) atoms. The molecule has 1 N–H and O–H groups in total. The monoisotopic (exact) mass is 784 g/mol. The van der Waals surface area contributed by atoms with Crippen LogP contribution in [0, 0.1) is 11.1 Å². The van der Waals surface area contributed by atoms with Crippen LogP contribution in [0.4, 0.5) is 26.0 Å². The zero-order chi connectivity index (χ0) is 39.4. The number of likely N-dealkylation sites (tertiary alicyclic amines) is 1. The number of carbonyl (C=O) groups excluding carboxylic acids is 2. The molecule has 3 saturated heterocycles. The van der Waals surface area contributed by atoms with Crippen molar-refractivity contribution in [3.63, 3.8) is 0 Å². The predicted octanol–water partition coefficient (Wildman–Crippen LogP) is 4.06. The van der Waals surface area contributed by atoms with E-state index in [2.05, 4.69) is 29.8 Å². The van der Waals surface area contributed by atoms with Gasteiger partial charge in [0.15, 0.2) is 5.82 Å². The highest BCUT2D eigenvalue weighted by atomic mass is 19.3. The lowest BCUT2D eigenvalue weighted by atomic mass is 9.79. The number of anilines is 3. The first-order chi connectivity index (χ1) is 27.6. The molecule has 0 radical (unpaired) electrons. The number of amides is 2. The number of piperazine rings is 1. The first-order valence-electron chi connectivity index (χ1n) is 20.5. The van der Waals surface area contributed by atoms with Crippen LogP contribution in [-0.4, -0.2) is 129 Å². The standard InChI is InChI=1S/C41H52F2N11O3/c1-27(55)51-14-10-36-34(24-51)41(52-11-4-6-28-19-32(30-21-45-47(2)22-30)33(40(42)43)20-37(28)52)46-54(36)31-8-12-50(13-9-31)38(56)25-49-17-15-48(16-18-49)23-29-5-3-7-35-39(29)53(57)26-44-35/h3,5,7,19-22,28,31,37,40,44H,4,6,8-18,23-26H2,1-2H3/q-1. The molecule has 2 aromatic heterocycles. The molecule has 9 rings (SSSR count). The summed E-state index contributed by atoms with van der Waals surface area (Å²) in [4.78, 5) is 36.9. The number of nitrogens with one attached hydrogen (secondary N) is 1. The SMILES string of the molecule is CC(=O)N1CCc2c(c(N3CCCC4C=C(c5cnn(C)c5)C(C(F)F)=CC43)nn2C2CCN(C(=O)CN3CCN(Cc4cccc5c4N([O-])CN5)CC3)CC2)C1. The molecule has 2 atom stereocenters. The number of aryl methyl sites for hydroxylation is 1. The lowest BCUT2D eigenvalue weighted by Crippen LogP contribution is -2.50. The van der Waals surface area contributed by atoms with Gasteiger partial charge in [-0.3, -0.25) is 28.8 Å². The zero-order valence-corrected chi connectivity index (χ0v) is 32.8. The molecule has 14 nitrogen and oxygen atoms in total. The van der Waals surface area contributed by atoms with Crippen LogP contribution in [0.2, 0.25) is 0 Å². The van der Waals surface area contributed by atoms with Gasteiger partial charge in [0, 0.05) is 114 Å². The highest BCUT2D eigenvalue weighted by molar-refractivity contribution is 5.82. The Morgan fingerprint density at radius 3 is 2.51 bits per heavy atom. The van der Waals surface area contributed by atoms with E-state index in [9.17, 15) is 23.6 Å². The van der Waals surface area contributed by atoms with Crippen molar-refractivity contribution in [2.75, 3.05) is 80.9 Å². The molecule has 1 aromatic carbocycles. The number of hydrogen-bond donors (Lipinski definition) is 1. The molecule has 0 spiro atoms. The Balaban J connectivity index is 0.867. The molecule has 0 bridgehead atoms. The minimum Gasteiger partial charge on any atom is -0.757 e. The van der Waals surface area contributed by atoms with E-state index < -0.39 is 6.43 Å². The molecule has 16 heteroatoms. The second-order valence-corrected chi connectivity index (χ2v) is 16.5. The summed E-state index contributed by atoms with van der Waals surface area (Å²) < 4.78 is 33.2. The van der Waals surface area contributed by atoms with E-state index in [-0.39, 0.29) is 42.1 Å². The number of piperidine rings is 2. The van der Waals surface area contributed by atoms with Crippen LogP contribution in [0.15, 0.2) is 48.3 Å². The molecule has 3 aromatic rings. The van der Waals surface area contributed by atoms with E-state index in [1.807, 2.05) is 34.1 Å². The second-order valence-electron chi connectivity index (χ2n) is 16.5. The van der Waals surface area contributed by atoms with Gasteiger partial charge >= 0.3 is 0 Å². The maximum Gasteiger partial charge on any atom is 0.264 e. The summed E-state index contributed by atoms with van der Waals surface area (Å²) in [6.07, 6.45) is 8.59. The van der Waals surface area contributed by atoms with Crippen molar-refractivity contribution in [1.29, 1.82) is 0 Å². The molecule has 304 valence electrons. The van der Waals surface area contributed by atoms with Gasteiger partial charge in [0.1, 0.15) is 0 Å². The third kappa shape index (κ3) is 7.31. The number of rotatable bonds is 8. The van der Waals surface area contributed by atoms with Gasteiger partial charge in [-0.15, -0.1) is 0 Å². The number of allylic oxidation sites excluding steroid dienone is 2. The molecular formula is C41H52F2N11O3-. The topological polar surface area (TPSA) is 124 Å². The Hall–Kier alpha value is -4.80. The van der Waals surface area contributed by atoms with Crippen LogP contribution >= 0.6 is 0 Å². The Morgan fingerprint density at radius 1 is 0.982 bits per heavy atom. The third-order valence-corrected chi connectivity index (χ3v) is 13.0. The summed E-state index contributed by atoms with van der Waals surface area (Å²) in [6, 6.07) is 5.78. The number of fused-ring (bicyclic) bond motifs is 3. The smallest absolute Gasteiger partial charge is 0.264 e. The summed E-state index contributed by atoms with van der Waals surface area (Å²) in [5, 5.41) is 26.1. The van der Waals surface area contributed by atoms with Crippen LogP contribution in [0.5, 0.6) is 0 Å². The quantitative estimate of drug-likeness (QED) is 0.358. The number of hydroxylamine groups is 1. The summed E-state index contributed by atoms with van der Waals surface area (Å²) in [5.74, 6) is 0.991. The van der Waals surface area contributed by atoms with E-state index in [0.29, 0.717) is 63.4 Å². The average molecular weight is 785 g/mol. The van der Waals surface area contributed by atoms with Crippen LogP contribution in [0.25, 0.3) is 5.57 Å². The molecule has 0 saturated carbocycles. The van der Waals surface area contributed by atoms with Crippen LogP contribution in [0.3, 0.4) is 0 Å². The summed E-state index contributed by atoms with van der Waals surface area (Å²) in [7, 11) is 1.79. The molecule has 2 unspecified atom stereocenters. The largest absolute Gasteiger partial charge is 0.757 e. The summed E-state index contributed by atoms with van der Waals surface area (Å²) in [5.41, 5.74) is 6.07. The van der Waals surface area contributed by atoms with Gasteiger partial charge in [-0.2, -0.15) is 10.2 Å². The minimum atomic E-state index is -2.64. The van der Waals surface area contributed by atoms with Crippen LogP contribution in [0.1, 0.15) is 61.0 Å².